The lowest BCUT2D eigenvalue weighted by molar-refractivity contribution is -0.116. The third-order valence-corrected chi connectivity index (χ3v) is 5.72. The summed E-state index contributed by atoms with van der Waals surface area (Å²) in [5.41, 5.74) is 0.960. The molecule has 22 heavy (non-hydrogen) atoms. The minimum atomic E-state index is -0.0191. The second-order valence-electron chi connectivity index (χ2n) is 5.77. The molecule has 1 aliphatic rings. The largest absolute Gasteiger partial charge is 0.295 e. The Morgan fingerprint density at radius 3 is 2.27 bits per heavy atom. The van der Waals surface area contributed by atoms with Crippen LogP contribution in [0.25, 0.3) is 0 Å². The lowest BCUT2D eigenvalue weighted by atomic mass is 9.77. The van der Waals surface area contributed by atoms with Gasteiger partial charge in [-0.25, -0.2) is 4.98 Å². The van der Waals surface area contributed by atoms with Gasteiger partial charge in [-0.3, -0.25) is 4.79 Å². The highest BCUT2D eigenvalue weighted by Gasteiger charge is 2.26. The zero-order valence-electron chi connectivity index (χ0n) is 11.9. The van der Waals surface area contributed by atoms with E-state index in [4.69, 9.17) is 46.4 Å². The number of hydrogen-bond donors (Lipinski definition) is 0. The first-order valence-electron chi connectivity index (χ1n) is 6.46. The van der Waals surface area contributed by atoms with E-state index in [0.29, 0.717) is 11.3 Å². The van der Waals surface area contributed by atoms with Crippen LogP contribution in [0.15, 0.2) is 28.0 Å². The molecule has 0 N–H and O–H groups in total. The number of hydrogen-bond acceptors (Lipinski definition) is 3. The van der Waals surface area contributed by atoms with Crippen molar-refractivity contribution in [3.63, 3.8) is 0 Å². The fourth-order valence-electron chi connectivity index (χ4n) is 2.26. The minimum Gasteiger partial charge on any atom is -0.295 e. The van der Waals surface area contributed by atoms with Crippen LogP contribution in [0, 0.1) is 5.41 Å². The first-order valence-corrected chi connectivity index (χ1v) is 8.85. The second-order valence-corrected chi connectivity index (χ2v) is 8.16. The van der Waals surface area contributed by atoms with E-state index >= 15 is 0 Å². The van der Waals surface area contributed by atoms with Crippen LogP contribution in [0.1, 0.15) is 26.7 Å². The molecule has 0 aliphatic heterocycles. The first-order chi connectivity index (χ1) is 10.2. The van der Waals surface area contributed by atoms with Gasteiger partial charge in [0.2, 0.25) is 0 Å². The Morgan fingerprint density at radius 2 is 1.73 bits per heavy atom. The summed E-state index contributed by atoms with van der Waals surface area (Å²) in [5, 5.41) is 2.57. The van der Waals surface area contributed by atoms with Crippen LogP contribution in [0.5, 0.6) is 0 Å². The lowest BCUT2D eigenvalue weighted by Crippen LogP contribution is -2.21. The summed E-state index contributed by atoms with van der Waals surface area (Å²) in [4.78, 5) is 16.1. The predicted octanol–water partition coefficient (Wildman–Crippen LogP) is 6.62. The van der Waals surface area contributed by atoms with Gasteiger partial charge in [-0.2, -0.15) is 0 Å². The standard InChI is InChI=1S/C15H13Cl4NOS/c1-15(2)6-8(5-9(21)7-15)3-4-22-12-10(16)13(18)20-14(19)11(12)17/h3-5H,6-7H2,1-2H3. The van der Waals surface area contributed by atoms with Gasteiger partial charge >= 0.3 is 0 Å². The van der Waals surface area contributed by atoms with Crippen molar-refractivity contribution in [2.45, 2.75) is 31.6 Å². The van der Waals surface area contributed by atoms with Crippen molar-refractivity contribution in [2.75, 3.05) is 0 Å². The molecule has 1 heterocycles. The highest BCUT2D eigenvalue weighted by Crippen LogP contribution is 2.42. The Labute approximate surface area is 153 Å². The number of thioether (sulfide) groups is 1. The van der Waals surface area contributed by atoms with Crippen LogP contribution in [0.3, 0.4) is 0 Å². The Kier molecular flexibility index (Phi) is 5.89. The van der Waals surface area contributed by atoms with Crippen LogP contribution in [-0.2, 0) is 4.79 Å². The van der Waals surface area contributed by atoms with Gasteiger partial charge in [0.15, 0.2) is 16.1 Å². The zero-order chi connectivity index (χ0) is 16.5. The van der Waals surface area contributed by atoms with Gasteiger partial charge < -0.3 is 0 Å². The van der Waals surface area contributed by atoms with Gasteiger partial charge in [0.05, 0.1) is 14.9 Å². The smallest absolute Gasteiger partial charge is 0.156 e. The van der Waals surface area contributed by atoms with Crippen molar-refractivity contribution >= 4 is 63.9 Å². The van der Waals surface area contributed by atoms with E-state index in [-0.39, 0.29) is 31.5 Å². The van der Waals surface area contributed by atoms with Crippen molar-refractivity contribution in [1.82, 2.24) is 4.98 Å². The molecule has 2 nitrogen and oxygen atoms in total. The van der Waals surface area contributed by atoms with Crippen molar-refractivity contribution in [1.29, 1.82) is 0 Å². The molecule has 1 aromatic heterocycles. The Hall–Kier alpha value is -0.190. The normalized spacial score (nSPS) is 17.9. The summed E-state index contributed by atoms with van der Waals surface area (Å²) in [5.74, 6) is 0.145. The molecule has 0 amide bonds. The van der Waals surface area contributed by atoms with Crippen LogP contribution in [-0.4, -0.2) is 10.8 Å². The van der Waals surface area contributed by atoms with E-state index < -0.39 is 0 Å². The summed E-state index contributed by atoms with van der Waals surface area (Å²) >= 11 is 25.3. The summed E-state index contributed by atoms with van der Waals surface area (Å²) in [6.07, 6.45) is 4.98. The highest BCUT2D eigenvalue weighted by atomic mass is 35.5. The number of carbonyl (C=O) groups is 1. The molecule has 0 radical (unpaired) electrons. The SMILES string of the molecule is CC1(C)CC(=O)C=C(C=CSc2c(Cl)c(Cl)nc(Cl)c2Cl)C1. The van der Waals surface area contributed by atoms with E-state index in [1.54, 1.807) is 6.08 Å². The molecule has 1 aromatic rings. The molecule has 1 aliphatic carbocycles. The molecule has 0 bridgehead atoms. The Bertz CT molecular complexity index is 656. The molecule has 0 unspecified atom stereocenters. The quantitative estimate of drug-likeness (QED) is 0.424. The number of carbonyl (C=O) groups excluding carboxylic acids is 1. The fraction of sp³-hybridized carbons (Fsp3) is 0.333. The lowest BCUT2D eigenvalue weighted by Gasteiger charge is -2.27. The maximum absolute atomic E-state index is 11.7. The van der Waals surface area contributed by atoms with Crippen LogP contribution in [0.2, 0.25) is 20.4 Å². The monoisotopic (exact) mass is 395 g/mol. The number of halogens is 4. The van der Waals surface area contributed by atoms with E-state index in [0.717, 1.165) is 12.0 Å². The van der Waals surface area contributed by atoms with Gasteiger partial charge in [-0.15, -0.1) is 0 Å². The molecule has 0 fully saturated rings. The third kappa shape index (κ3) is 4.42. The van der Waals surface area contributed by atoms with Crippen molar-refractivity contribution < 1.29 is 4.79 Å². The fourth-order valence-corrected chi connectivity index (χ4v) is 4.15. The molecule has 2 rings (SSSR count). The van der Waals surface area contributed by atoms with Gasteiger partial charge in [-0.05, 0) is 28.9 Å². The third-order valence-electron chi connectivity index (χ3n) is 3.11. The van der Waals surface area contributed by atoms with Gasteiger partial charge in [0.1, 0.15) is 0 Å². The number of aromatic nitrogens is 1. The van der Waals surface area contributed by atoms with E-state index in [1.165, 1.54) is 11.8 Å². The summed E-state index contributed by atoms with van der Waals surface area (Å²) < 4.78 is 0. The average molecular weight is 397 g/mol. The number of pyridine rings is 1. The molecule has 7 heteroatoms. The first kappa shape index (κ1) is 18.2. The molecule has 0 atom stereocenters. The van der Waals surface area contributed by atoms with Crippen molar-refractivity contribution in [3.8, 4) is 0 Å². The number of rotatable bonds is 3. The topological polar surface area (TPSA) is 30.0 Å². The molecule has 118 valence electrons. The highest BCUT2D eigenvalue weighted by molar-refractivity contribution is 8.02. The number of ketones is 1. The molecule has 0 saturated carbocycles. The maximum atomic E-state index is 11.7. The maximum Gasteiger partial charge on any atom is 0.156 e. The van der Waals surface area contributed by atoms with Crippen molar-refractivity contribution in [2.24, 2.45) is 5.41 Å². The van der Waals surface area contributed by atoms with Crippen LogP contribution < -0.4 is 0 Å². The van der Waals surface area contributed by atoms with Crippen LogP contribution in [0.4, 0.5) is 0 Å². The van der Waals surface area contributed by atoms with Crippen LogP contribution >= 0.6 is 58.2 Å². The molecule has 0 spiro atoms. The predicted molar refractivity (Wildman–Crippen MR) is 95.4 cm³/mol. The second kappa shape index (κ2) is 7.14. The van der Waals surface area contributed by atoms with E-state index in [1.807, 2.05) is 11.5 Å². The number of allylic oxidation sites excluding steroid dienone is 3. The zero-order valence-corrected chi connectivity index (χ0v) is 15.8. The van der Waals surface area contributed by atoms with E-state index in [9.17, 15) is 4.79 Å². The summed E-state index contributed by atoms with van der Waals surface area (Å²) in [6.45, 7) is 4.16. The van der Waals surface area contributed by atoms with Gasteiger partial charge in [0, 0.05) is 6.42 Å². The molecule has 0 saturated heterocycles. The summed E-state index contributed by atoms with van der Waals surface area (Å²) in [7, 11) is 0. The molecular weight excluding hydrogens is 384 g/mol. The molecule has 0 aromatic carbocycles. The molecular formula is C15H13Cl4NOS. The van der Waals surface area contributed by atoms with Crippen molar-refractivity contribution in [3.05, 3.63) is 43.5 Å². The van der Waals surface area contributed by atoms with E-state index in [2.05, 4.69) is 18.8 Å². The van der Waals surface area contributed by atoms with Gasteiger partial charge in [-0.1, -0.05) is 78.1 Å². The van der Waals surface area contributed by atoms with Gasteiger partial charge in [0.25, 0.3) is 0 Å². The Morgan fingerprint density at radius 1 is 1.14 bits per heavy atom. The number of nitrogens with zero attached hydrogens (tertiary/aromatic N) is 1. The summed E-state index contributed by atoms with van der Waals surface area (Å²) in [6, 6.07) is 0. The average Bonchev–Trinajstić information content (AvgIpc) is 2.38. The Balaban J connectivity index is 2.19. The minimum absolute atomic E-state index is 0.0191.